The average Bonchev–Trinajstić information content (AvgIpc) is 2.69. The van der Waals surface area contributed by atoms with Crippen molar-refractivity contribution in [3.63, 3.8) is 0 Å². The van der Waals surface area contributed by atoms with Crippen LogP contribution in [-0.2, 0) is 7.05 Å². The summed E-state index contributed by atoms with van der Waals surface area (Å²) in [6.07, 6.45) is 0. The second-order valence-electron chi connectivity index (χ2n) is 4.73. The fourth-order valence-corrected chi connectivity index (χ4v) is 2.47. The molecule has 3 aromatic rings. The molecule has 19 heavy (non-hydrogen) atoms. The van der Waals surface area contributed by atoms with Crippen molar-refractivity contribution in [2.75, 3.05) is 5.73 Å². The predicted octanol–water partition coefficient (Wildman–Crippen LogP) is 3.78. The van der Waals surface area contributed by atoms with Gasteiger partial charge in [0, 0.05) is 18.3 Å². The van der Waals surface area contributed by atoms with Crippen LogP contribution in [0.2, 0.25) is 5.02 Å². The lowest BCUT2D eigenvalue weighted by Gasteiger charge is -2.05. The minimum absolute atomic E-state index is 0.657. The number of nitrogens with two attached hydrogens (primary N) is 1. The highest BCUT2D eigenvalue weighted by Crippen LogP contribution is 2.31. The van der Waals surface area contributed by atoms with Crippen LogP contribution in [0.5, 0.6) is 0 Å². The van der Waals surface area contributed by atoms with Crippen LogP contribution in [0, 0.1) is 6.92 Å². The van der Waals surface area contributed by atoms with Crippen molar-refractivity contribution >= 4 is 28.3 Å². The SMILES string of the molecule is Cc1ccc2c(c1)nc(-c1cc(N)ccc1Cl)n2C. The van der Waals surface area contributed by atoms with Crippen LogP contribution in [0.4, 0.5) is 5.69 Å². The highest BCUT2D eigenvalue weighted by molar-refractivity contribution is 6.33. The Balaban J connectivity index is 2.30. The molecule has 0 aliphatic heterocycles. The van der Waals surface area contributed by atoms with Gasteiger partial charge in [0.15, 0.2) is 0 Å². The Bertz CT molecular complexity index is 774. The molecule has 1 heterocycles. The molecule has 0 radical (unpaired) electrons. The number of anilines is 1. The third-order valence-electron chi connectivity index (χ3n) is 3.27. The molecule has 2 aromatic carbocycles. The van der Waals surface area contributed by atoms with Gasteiger partial charge < -0.3 is 10.3 Å². The maximum absolute atomic E-state index is 6.25. The van der Waals surface area contributed by atoms with Crippen LogP contribution in [-0.4, -0.2) is 9.55 Å². The summed E-state index contributed by atoms with van der Waals surface area (Å²) in [4.78, 5) is 4.67. The predicted molar refractivity (Wildman–Crippen MR) is 80.3 cm³/mol. The summed E-state index contributed by atoms with van der Waals surface area (Å²) in [5, 5.41) is 0.657. The molecule has 0 amide bonds. The van der Waals surface area contributed by atoms with Crippen LogP contribution < -0.4 is 5.73 Å². The van der Waals surface area contributed by atoms with Crippen LogP contribution in [0.1, 0.15) is 5.56 Å². The molecule has 0 saturated carbocycles. The smallest absolute Gasteiger partial charge is 0.142 e. The van der Waals surface area contributed by atoms with E-state index in [4.69, 9.17) is 17.3 Å². The van der Waals surface area contributed by atoms with Gasteiger partial charge in [-0.25, -0.2) is 4.98 Å². The number of hydrogen-bond acceptors (Lipinski definition) is 2. The van der Waals surface area contributed by atoms with Gasteiger partial charge in [-0.1, -0.05) is 17.7 Å². The fourth-order valence-electron chi connectivity index (χ4n) is 2.26. The molecule has 0 fully saturated rings. The van der Waals surface area contributed by atoms with Gasteiger partial charge in [0.2, 0.25) is 0 Å². The molecule has 4 heteroatoms. The summed E-state index contributed by atoms with van der Waals surface area (Å²) in [5.41, 5.74) is 10.6. The van der Waals surface area contributed by atoms with Gasteiger partial charge in [0.25, 0.3) is 0 Å². The first-order chi connectivity index (χ1) is 9.06. The highest BCUT2D eigenvalue weighted by atomic mass is 35.5. The van der Waals surface area contributed by atoms with Gasteiger partial charge in [-0.05, 0) is 42.8 Å². The van der Waals surface area contributed by atoms with Crippen molar-refractivity contribution in [2.45, 2.75) is 6.92 Å². The molecule has 0 spiro atoms. The van der Waals surface area contributed by atoms with E-state index in [9.17, 15) is 0 Å². The lowest BCUT2D eigenvalue weighted by molar-refractivity contribution is 0.959. The first-order valence-corrected chi connectivity index (χ1v) is 6.42. The number of rotatable bonds is 1. The molecule has 96 valence electrons. The largest absolute Gasteiger partial charge is 0.399 e. The highest BCUT2D eigenvalue weighted by Gasteiger charge is 2.13. The Morgan fingerprint density at radius 1 is 1.16 bits per heavy atom. The summed E-state index contributed by atoms with van der Waals surface area (Å²) < 4.78 is 2.04. The Kier molecular flexibility index (Phi) is 2.72. The minimum atomic E-state index is 0.657. The van der Waals surface area contributed by atoms with Gasteiger partial charge >= 0.3 is 0 Å². The number of nitrogen functional groups attached to an aromatic ring is 1. The van der Waals surface area contributed by atoms with E-state index in [0.717, 1.165) is 22.4 Å². The number of halogens is 1. The van der Waals surface area contributed by atoms with Crippen molar-refractivity contribution in [1.82, 2.24) is 9.55 Å². The lowest BCUT2D eigenvalue weighted by atomic mass is 10.2. The zero-order chi connectivity index (χ0) is 13.6. The maximum Gasteiger partial charge on any atom is 0.142 e. The van der Waals surface area contributed by atoms with E-state index in [2.05, 4.69) is 30.1 Å². The van der Waals surface area contributed by atoms with E-state index < -0.39 is 0 Å². The number of hydrogen-bond donors (Lipinski definition) is 1. The molecule has 1 aromatic heterocycles. The van der Waals surface area contributed by atoms with Crippen LogP contribution in [0.3, 0.4) is 0 Å². The van der Waals surface area contributed by atoms with Crippen molar-refractivity contribution in [2.24, 2.45) is 7.05 Å². The van der Waals surface area contributed by atoms with Gasteiger partial charge in [0.1, 0.15) is 5.82 Å². The summed E-state index contributed by atoms with van der Waals surface area (Å²) in [7, 11) is 1.99. The third-order valence-corrected chi connectivity index (χ3v) is 3.60. The minimum Gasteiger partial charge on any atom is -0.399 e. The first kappa shape index (κ1) is 12.1. The zero-order valence-corrected chi connectivity index (χ0v) is 11.6. The summed E-state index contributed by atoms with van der Waals surface area (Å²) >= 11 is 6.25. The molecule has 0 bridgehead atoms. The molecular weight excluding hydrogens is 258 g/mol. The molecule has 0 saturated heterocycles. The number of imidazole rings is 1. The second-order valence-corrected chi connectivity index (χ2v) is 5.13. The van der Waals surface area contributed by atoms with E-state index in [1.54, 1.807) is 12.1 Å². The number of aryl methyl sites for hydroxylation is 2. The van der Waals surface area contributed by atoms with E-state index in [-0.39, 0.29) is 0 Å². The Morgan fingerprint density at radius 3 is 2.74 bits per heavy atom. The molecule has 3 nitrogen and oxygen atoms in total. The van der Waals surface area contributed by atoms with Crippen molar-refractivity contribution in [3.05, 3.63) is 47.0 Å². The normalized spacial score (nSPS) is 11.1. The summed E-state index contributed by atoms with van der Waals surface area (Å²) in [6, 6.07) is 11.7. The molecule has 3 rings (SSSR count). The van der Waals surface area contributed by atoms with Gasteiger partial charge in [0.05, 0.1) is 16.1 Å². The summed E-state index contributed by atoms with van der Waals surface area (Å²) in [6.45, 7) is 2.06. The topological polar surface area (TPSA) is 43.8 Å². The molecule has 0 unspecified atom stereocenters. The Hall–Kier alpha value is -2.00. The van der Waals surface area contributed by atoms with Crippen LogP contribution >= 0.6 is 11.6 Å². The molecule has 0 atom stereocenters. The standard InChI is InChI=1S/C15H14ClN3/c1-9-3-6-14-13(7-9)18-15(19(14)2)11-8-10(17)4-5-12(11)16/h3-8H,17H2,1-2H3. The van der Waals surface area contributed by atoms with E-state index in [0.29, 0.717) is 10.7 Å². The number of aromatic nitrogens is 2. The summed E-state index contributed by atoms with van der Waals surface area (Å²) in [5.74, 6) is 0.831. The molecule has 0 aliphatic carbocycles. The molecule has 2 N–H and O–H groups in total. The quantitative estimate of drug-likeness (QED) is 0.685. The van der Waals surface area contributed by atoms with E-state index >= 15 is 0 Å². The third kappa shape index (κ3) is 1.96. The Morgan fingerprint density at radius 2 is 1.95 bits per heavy atom. The van der Waals surface area contributed by atoms with E-state index in [1.807, 2.05) is 17.7 Å². The van der Waals surface area contributed by atoms with Gasteiger partial charge in [-0.2, -0.15) is 0 Å². The Labute approximate surface area is 116 Å². The second kappa shape index (κ2) is 4.28. The monoisotopic (exact) mass is 271 g/mol. The van der Waals surface area contributed by atoms with Crippen LogP contribution in [0.25, 0.3) is 22.4 Å². The number of benzene rings is 2. The molecular formula is C15H14ClN3. The van der Waals surface area contributed by atoms with Gasteiger partial charge in [-0.3, -0.25) is 0 Å². The van der Waals surface area contributed by atoms with Crippen LogP contribution in [0.15, 0.2) is 36.4 Å². The average molecular weight is 272 g/mol. The molecule has 0 aliphatic rings. The number of fused-ring (bicyclic) bond motifs is 1. The number of nitrogens with zero attached hydrogens (tertiary/aromatic N) is 2. The van der Waals surface area contributed by atoms with Crippen molar-refractivity contribution in [1.29, 1.82) is 0 Å². The van der Waals surface area contributed by atoms with Crippen molar-refractivity contribution in [3.8, 4) is 11.4 Å². The van der Waals surface area contributed by atoms with Crippen molar-refractivity contribution < 1.29 is 0 Å². The fraction of sp³-hybridized carbons (Fsp3) is 0.133. The zero-order valence-electron chi connectivity index (χ0n) is 10.8. The lowest BCUT2D eigenvalue weighted by Crippen LogP contribution is -1.94. The maximum atomic E-state index is 6.25. The first-order valence-electron chi connectivity index (χ1n) is 6.05. The van der Waals surface area contributed by atoms with E-state index in [1.165, 1.54) is 5.56 Å². The van der Waals surface area contributed by atoms with Gasteiger partial charge in [-0.15, -0.1) is 0 Å².